The van der Waals surface area contributed by atoms with Crippen molar-refractivity contribution < 1.29 is 14.9 Å². The maximum Gasteiger partial charge on any atom is 0.330 e. The fourth-order valence-corrected chi connectivity index (χ4v) is 2.66. The smallest absolute Gasteiger partial charge is 0.330 e. The van der Waals surface area contributed by atoms with Gasteiger partial charge in [0, 0.05) is 18.0 Å². The van der Waals surface area contributed by atoms with Crippen LogP contribution in [0.3, 0.4) is 0 Å². The van der Waals surface area contributed by atoms with Gasteiger partial charge in [-0.05, 0) is 12.1 Å². The van der Waals surface area contributed by atoms with Crippen molar-refractivity contribution in [2.45, 2.75) is 24.5 Å². The number of para-hydroxylation sites is 1. The first kappa shape index (κ1) is 15.5. The molecule has 1 aromatic heterocycles. The topological polar surface area (TPSA) is 117 Å². The molecule has 3 rings (SSSR count). The van der Waals surface area contributed by atoms with E-state index in [0.717, 1.165) is 10.3 Å². The van der Waals surface area contributed by atoms with Crippen LogP contribution < -0.4 is 16.6 Å². The standard InChI is InChI=1S/C15H17N3O5/c19-8-10-12(16-9-4-2-1-3-5-9)13(21)14(23-10)18-7-6-11(20)17-15(18)22/h1-7,10,12-14,16,19,21H,8H2,(H,17,20,22)/t10-,12-,13+,14-/m1/s1. The van der Waals surface area contributed by atoms with Gasteiger partial charge >= 0.3 is 5.69 Å². The van der Waals surface area contributed by atoms with Gasteiger partial charge in [-0.3, -0.25) is 14.3 Å². The molecule has 0 saturated carbocycles. The Kier molecular flexibility index (Phi) is 4.28. The van der Waals surface area contributed by atoms with Gasteiger partial charge in [0.1, 0.15) is 12.2 Å². The summed E-state index contributed by atoms with van der Waals surface area (Å²) in [5, 5.41) is 23.1. The lowest BCUT2D eigenvalue weighted by molar-refractivity contribution is -0.0531. The summed E-state index contributed by atoms with van der Waals surface area (Å²) in [6, 6.07) is 9.74. The predicted molar refractivity (Wildman–Crippen MR) is 82.2 cm³/mol. The number of aromatic nitrogens is 2. The third-order valence-electron chi connectivity index (χ3n) is 3.79. The lowest BCUT2D eigenvalue weighted by Crippen LogP contribution is -2.41. The normalized spacial score (nSPS) is 27.0. The maximum absolute atomic E-state index is 11.9. The number of benzene rings is 1. The van der Waals surface area contributed by atoms with E-state index in [1.165, 1.54) is 12.3 Å². The monoisotopic (exact) mass is 319 g/mol. The van der Waals surface area contributed by atoms with E-state index in [1.807, 2.05) is 30.3 Å². The summed E-state index contributed by atoms with van der Waals surface area (Å²) < 4.78 is 6.69. The highest BCUT2D eigenvalue weighted by molar-refractivity contribution is 5.44. The number of hydrogen-bond donors (Lipinski definition) is 4. The number of anilines is 1. The molecule has 0 bridgehead atoms. The van der Waals surface area contributed by atoms with Gasteiger partial charge in [-0.15, -0.1) is 0 Å². The van der Waals surface area contributed by atoms with Gasteiger partial charge in [0.15, 0.2) is 6.23 Å². The molecule has 0 spiro atoms. The van der Waals surface area contributed by atoms with Crippen LogP contribution in [0.1, 0.15) is 6.23 Å². The predicted octanol–water partition coefficient (Wildman–Crippen LogP) is -0.732. The zero-order valence-corrected chi connectivity index (χ0v) is 12.1. The zero-order valence-electron chi connectivity index (χ0n) is 12.1. The quantitative estimate of drug-likeness (QED) is 0.590. The summed E-state index contributed by atoms with van der Waals surface area (Å²) in [5.41, 5.74) is -0.455. The average molecular weight is 319 g/mol. The van der Waals surface area contributed by atoms with Crippen molar-refractivity contribution in [3.63, 3.8) is 0 Å². The Morgan fingerprint density at radius 2 is 1.96 bits per heavy atom. The number of aromatic amines is 1. The van der Waals surface area contributed by atoms with E-state index in [9.17, 15) is 19.8 Å². The number of ether oxygens (including phenoxy) is 1. The van der Waals surface area contributed by atoms with E-state index in [0.29, 0.717) is 0 Å². The summed E-state index contributed by atoms with van der Waals surface area (Å²) in [5.74, 6) is 0. The van der Waals surface area contributed by atoms with Crippen LogP contribution in [0.25, 0.3) is 0 Å². The van der Waals surface area contributed by atoms with E-state index in [1.54, 1.807) is 0 Å². The summed E-state index contributed by atoms with van der Waals surface area (Å²) in [6.07, 6.45) is -1.53. The molecular formula is C15H17N3O5. The molecule has 4 N–H and O–H groups in total. The van der Waals surface area contributed by atoms with Crippen LogP contribution in [0.2, 0.25) is 0 Å². The van der Waals surface area contributed by atoms with Crippen molar-refractivity contribution in [3.8, 4) is 0 Å². The lowest BCUT2D eigenvalue weighted by atomic mass is 10.1. The molecule has 0 unspecified atom stereocenters. The minimum atomic E-state index is -1.09. The molecule has 122 valence electrons. The lowest BCUT2D eigenvalue weighted by Gasteiger charge is -2.21. The number of H-pyrrole nitrogens is 1. The van der Waals surface area contributed by atoms with E-state index < -0.39 is 35.7 Å². The first-order valence-electron chi connectivity index (χ1n) is 7.17. The van der Waals surface area contributed by atoms with Gasteiger partial charge in [-0.25, -0.2) is 4.79 Å². The van der Waals surface area contributed by atoms with Crippen molar-refractivity contribution in [2.75, 3.05) is 11.9 Å². The number of hydrogen-bond acceptors (Lipinski definition) is 6. The number of aliphatic hydroxyl groups excluding tert-OH is 2. The molecule has 2 heterocycles. The van der Waals surface area contributed by atoms with Crippen molar-refractivity contribution in [1.29, 1.82) is 0 Å². The minimum Gasteiger partial charge on any atom is -0.394 e. The molecule has 1 aromatic carbocycles. The van der Waals surface area contributed by atoms with E-state index in [-0.39, 0.29) is 6.61 Å². The molecular weight excluding hydrogens is 302 g/mol. The van der Waals surface area contributed by atoms with Crippen molar-refractivity contribution >= 4 is 5.69 Å². The number of nitrogens with one attached hydrogen (secondary N) is 2. The average Bonchev–Trinajstić information content (AvgIpc) is 2.85. The Bertz CT molecular complexity index is 772. The van der Waals surface area contributed by atoms with Crippen LogP contribution in [-0.2, 0) is 4.74 Å². The molecule has 0 radical (unpaired) electrons. The molecule has 1 aliphatic rings. The number of aliphatic hydroxyl groups is 2. The van der Waals surface area contributed by atoms with Crippen molar-refractivity contribution in [2.24, 2.45) is 0 Å². The summed E-state index contributed by atoms with van der Waals surface area (Å²) in [6.45, 7) is -0.323. The van der Waals surface area contributed by atoms with Gasteiger partial charge in [0.25, 0.3) is 5.56 Å². The maximum atomic E-state index is 11.9. The van der Waals surface area contributed by atoms with Crippen LogP contribution in [-0.4, -0.2) is 44.6 Å². The fourth-order valence-electron chi connectivity index (χ4n) is 2.66. The first-order chi connectivity index (χ1) is 11.1. The number of nitrogens with zero attached hydrogens (tertiary/aromatic N) is 1. The second kappa shape index (κ2) is 6.37. The third-order valence-corrected chi connectivity index (χ3v) is 3.79. The van der Waals surface area contributed by atoms with Crippen LogP contribution in [0.5, 0.6) is 0 Å². The first-order valence-corrected chi connectivity index (χ1v) is 7.17. The summed E-state index contributed by atoms with van der Waals surface area (Å²) >= 11 is 0. The Hall–Kier alpha value is -2.42. The molecule has 8 heteroatoms. The zero-order chi connectivity index (χ0) is 16.4. The van der Waals surface area contributed by atoms with Gasteiger partial charge in [0.05, 0.1) is 12.6 Å². The molecule has 0 aliphatic carbocycles. The van der Waals surface area contributed by atoms with Gasteiger partial charge < -0.3 is 20.3 Å². The largest absolute Gasteiger partial charge is 0.394 e. The Balaban J connectivity index is 1.87. The van der Waals surface area contributed by atoms with E-state index in [2.05, 4.69) is 10.3 Å². The Labute approximate surface area is 131 Å². The second-order valence-corrected chi connectivity index (χ2v) is 5.29. The summed E-state index contributed by atoms with van der Waals surface area (Å²) in [7, 11) is 0. The second-order valence-electron chi connectivity index (χ2n) is 5.29. The van der Waals surface area contributed by atoms with Gasteiger partial charge in [-0.2, -0.15) is 0 Å². The van der Waals surface area contributed by atoms with Crippen LogP contribution in [0, 0.1) is 0 Å². The SMILES string of the molecule is O=c1ccn([C@@H]2O[C@H](CO)[C@@H](Nc3ccccc3)[C@@H]2O)c(=O)[nH]1. The fraction of sp³-hybridized carbons (Fsp3) is 0.333. The molecule has 2 aromatic rings. The minimum absolute atomic E-state index is 0.323. The molecule has 8 nitrogen and oxygen atoms in total. The van der Waals surface area contributed by atoms with Crippen LogP contribution in [0.4, 0.5) is 5.69 Å². The van der Waals surface area contributed by atoms with Crippen LogP contribution in [0.15, 0.2) is 52.2 Å². The molecule has 1 saturated heterocycles. The highest BCUT2D eigenvalue weighted by atomic mass is 16.5. The van der Waals surface area contributed by atoms with E-state index >= 15 is 0 Å². The van der Waals surface area contributed by atoms with Crippen molar-refractivity contribution in [1.82, 2.24) is 9.55 Å². The molecule has 4 atom stereocenters. The Morgan fingerprint density at radius 1 is 1.22 bits per heavy atom. The van der Waals surface area contributed by atoms with Crippen LogP contribution >= 0.6 is 0 Å². The number of rotatable bonds is 4. The molecule has 23 heavy (non-hydrogen) atoms. The molecule has 0 amide bonds. The molecule has 1 fully saturated rings. The van der Waals surface area contributed by atoms with Crippen molar-refractivity contribution in [3.05, 3.63) is 63.4 Å². The van der Waals surface area contributed by atoms with Gasteiger partial charge in [-0.1, -0.05) is 18.2 Å². The van der Waals surface area contributed by atoms with E-state index in [4.69, 9.17) is 4.74 Å². The Morgan fingerprint density at radius 3 is 2.61 bits per heavy atom. The molecule has 1 aliphatic heterocycles. The van der Waals surface area contributed by atoms with Gasteiger partial charge in [0.2, 0.25) is 0 Å². The summed E-state index contributed by atoms with van der Waals surface area (Å²) in [4.78, 5) is 25.1. The highest BCUT2D eigenvalue weighted by Crippen LogP contribution is 2.30. The highest BCUT2D eigenvalue weighted by Gasteiger charge is 2.44. The third kappa shape index (κ3) is 3.04.